The highest BCUT2D eigenvalue weighted by Gasteiger charge is 2.48. The van der Waals surface area contributed by atoms with Crippen molar-refractivity contribution in [3.05, 3.63) is 34.6 Å². The van der Waals surface area contributed by atoms with Crippen LogP contribution >= 0.6 is 11.6 Å². The molecular weight excluding hydrogens is 291 g/mol. The van der Waals surface area contributed by atoms with Crippen molar-refractivity contribution in [1.29, 1.82) is 0 Å². The molecule has 114 valence electrons. The maximum absolute atomic E-state index is 13.9. The van der Waals surface area contributed by atoms with Crippen LogP contribution in [0.15, 0.2) is 18.2 Å². The van der Waals surface area contributed by atoms with E-state index in [0.717, 1.165) is 26.1 Å². The molecule has 0 aromatic heterocycles. The monoisotopic (exact) mass is 310 g/mol. The molecule has 1 N–H and O–H groups in total. The number of carbonyl (C=O) groups is 1. The predicted molar refractivity (Wildman–Crippen MR) is 80.9 cm³/mol. The van der Waals surface area contributed by atoms with Gasteiger partial charge in [0.15, 0.2) is 0 Å². The summed E-state index contributed by atoms with van der Waals surface area (Å²) in [4.78, 5) is 14.4. The van der Waals surface area contributed by atoms with E-state index in [0.29, 0.717) is 22.9 Å². The Hall–Kier alpha value is -1.13. The molecule has 3 atom stereocenters. The molecule has 0 bridgehead atoms. The van der Waals surface area contributed by atoms with Gasteiger partial charge in [0.2, 0.25) is 5.91 Å². The molecule has 1 heterocycles. The Morgan fingerprint density at radius 3 is 3.05 bits per heavy atom. The van der Waals surface area contributed by atoms with Gasteiger partial charge in [-0.3, -0.25) is 4.79 Å². The van der Waals surface area contributed by atoms with Gasteiger partial charge >= 0.3 is 0 Å². The van der Waals surface area contributed by atoms with Crippen molar-refractivity contribution < 1.29 is 9.18 Å². The van der Waals surface area contributed by atoms with E-state index in [2.05, 4.69) is 5.32 Å². The molecule has 3 unspecified atom stereocenters. The van der Waals surface area contributed by atoms with Gasteiger partial charge in [0.05, 0.1) is 0 Å². The molecule has 3 nitrogen and oxygen atoms in total. The van der Waals surface area contributed by atoms with Crippen molar-refractivity contribution in [2.75, 3.05) is 26.7 Å². The second-order valence-corrected chi connectivity index (χ2v) is 6.49. The number of nitrogens with one attached hydrogen (secondary N) is 1. The van der Waals surface area contributed by atoms with Crippen LogP contribution in [0.25, 0.3) is 0 Å². The molecule has 1 aliphatic carbocycles. The average molecular weight is 311 g/mol. The first-order valence-electron chi connectivity index (χ1n) is 7.49. The highest BCUT2D eigenvalue weighted by Crippen LogP contribution is 2.51. The van der Waals surface area contributed by atoms with Crippen molar-refractivity contribution in [1.82, 2.24) is 10.2 Å². The third-order valence-electron chi connectivity index (χ3n) is 4.57. The predicted octanol–water partition coefficient (Wildman–Crippen LogP) is 2.65. The highest BCUT2D eigenvalue weighted by atomic mass is 35.5. The first kappa shape index (κ1) is 14.8. The van der Waals surface area contributed by atoms with Gasteiger partial charge in [-0.1, -0.05) is 17.7 Å². The van der Waals surface area contributed by atoms with Crippen LogP contribution < -0.4 is 5.32 Å². The van der Waals surface area contributed by atoms with Crippen molar-refractivity contribution in [3.8, 4) is 0 Å². The third-order valence-corrected chi connectivity index (χ3v) is 4.90. The third kappa shape index (κ3) is 2.92. The maximum atomic E-state index is 13.9. The number of hydrogen-bond acceptors (Lipinski definition) is 2. The topological polar surface area (TPSA) is 32.3 Å². The van der Waals surface area contributed by atoms with Gasteiger partial charge in [0.1, 0.15) is 5.82 Å². The van der Waals surface area contributed by atoms with Crippen LogP contribution in [0.2, 0.25) is 5.02 Å². The van der Waals surface area contributed by atoms with Gasteiger partial charge in [0.25, 0.3) is 0 Å². The zero-order chi connectivity index (χ0) is 15.0. The fourth-order valence-electron chi connectivity index (χ4n) is 3.37. The molecule has 1 aromatic carbocycles. The highest BCUT2D eigenvalue weighted by molar-refractivity contribution is 6.31. The molecule has 1 aliphatic heterocycles. The number of carbonyl (C=O) groups excluding carboxylic acids is 1. The molecule has 2 aliphatic rings. The van der Waals surface area contributed by atoms with Crippen LogP contribution in [0.3, 0.4) is 0 Å². The molecule has 3 rings (SSSR count). The molecule has 1 saturated heterocycles. The molecule has 0 spiro atoms. The SMILES string of the molecule is CNCC1CCN(C(=O)C2CC2c2c(F)cccc2Cl)C1. The number of nitrogens with zero attached hydrogens (tertiary/aromatic N) is 1. The zero-order valence-electron chi connectivity index (χ0n) is 12.1. The standard InChI is InChI=1S/C16H20ClFN2O/c1-19-8-10-5-6-20(9-10)16(21)12-7-11(12)15-13(17)3-2-4-14(15)18/h2-4,10-12,19H,5-9H2,1H3. The fourth-order valence-corrected chi connectivity index (χ4v) is 3.68. The van der Waals surface area contributed by atoms with Gasteiger partial charge in [-0.2, -0.15) is 0 Å². The summed E-state index contributed by atoms with van der Waals surface area (Å²) < 4.78 is 13.9. The van der Waals surface area contributed by atoms with E-state index in [4.69, 9.17) is 11.6 Å². The van der Waals surface area contributed by atoms with Gasteiger partial charge in [-0.25, -0.2) is 4.39 Å². The lowest BCUT2D eigenvalue weighted by molar-refractivity contribution is -0.131. The number of amides is 1. The first-order chi connectivity index (χ1) is 10.1. The Balaban J connectivity index is 1.64. The summed E-state index contributed by atoms with van der Waals surface area (Å²) in [6.45, 7) is 2.57. The summed E-state index contributed by atoms with van der Waals surface area (Å²) in [6.07, 6.45) is 1.76. The minimum Gasteiger partial charge on any atom is -0.342 e. The zero-order valence-corrected chi connectivity index (χ0v) is 12.9. The largest absolute Gasteiger partial charge is 0.342 e. The van der Waals surface area contributed by atoms with Crippen molar-refractivity contribution in [2.24, 2.45) is 11.8 Å². The van der Waals surface area contributed by atoms with Crippen LogP contribution in [0.1, 0.15) is 24.3 Å². The van der Waals surface area contributed by atoms with Crippen LogP contribution in [0, 0.1) is 17.7 Å². The van der Waals surface area contributed by atoms with Gasteiger partial charge in [-0.15, -0.1) is 0 Å². The van der Waals surface area contributed by atoms with Gasteiger partial charge in [-0.05, 0) is 44.5 Å². The number of likely N-dealkylation sites (tertiary alicyclic amines) is 1. The van der Waals surface area contributed by atoms with Crippen molar-refractivity contribution in [2.45, 2.75) is 18.8 Å². The van der Waals surface area contributed by atoms with E-state index >= 15 is 0 Å². The average Bonchev–Trinajstić information content (AvgIpc) is 3.08. The van der Waals surface area contributed by atoms with Crippen LogP contribution in [0.4, 0.5) is 4.39 Å². The van der Waals surface area contributed by atoms with E-state index in [9.17, 15) is 9.18 Å². The molecule has 2 fully saturated rings. The Kier molecular flexibility index (Phi) is 4.18. The number of rotatable bonds is 4. The number of hydrogen-bond donors (Lipinski definition) is 1. The lowest BCUT2D eigenvalue weighted by Gasteiger charge is -2.17. The van der Waals surface area contributed by atoms with Gasteiger partial charge in [0, 0.05) is 35.5 Å². The summed E-state index contributed by atoms with van der Waals surface area (Å²) in [7, 11) is 1.93. The van der Waals surface area contributed by atoms with Crippen LogP contribution in [-0.4, -0.2) is 37.5 Å². The molecule has 21 heavy (non-hydrogen) atoms. The van der Waals surface area contributed by atoms with Crippen LogP contribution in [0.5, 0.6) is 0 Å². The number of halogens is 2. The molecule has 1 saturated carbocycles. The summed E-state index contributed by atoms with van der Waals surface area (Å²) in [6, 6.07) is 4.71. The van der Waals surface area contributed by atoms with E-state index in [1.807, 2.05) is 11.9 Å². The molecule has 1 aromatic rings. The van der Waals surface area contributed by atoms with E-state index in [1.165, 1.54) is 6.07 Å². The second-order valence-electron chi connectivity index (χ2n) is 6.08. The van der Waals surface area contributed by atoms with Crippen LogP contribution in [-0.2, 0) is 4.79 Å². The minimum atomic E-state index is -0.294. The Labute approximate surface area is 129 Å². The smallest absolute Gasteiger partial charge is 0.226 e. The summed E-state index contributed by atoms with van der Waals surface area (Å²) >= 11 is 6.09. The molecule has 5 heteroatoms. The summed E-state index contributed by atoms with van der Waals surface area (Å²) in [5, 5.41) is 3.59. The lowest BCUT2D eigenvalue weighted by Crippen LogP contribution is -2.31. The lowest BCUT2D eigenvalue weighted by atomic mass is 10.1. The van der Waals surface area contributed by atoms with Crippen molar-refractivity contribution >= 4 is 17.5 Å². The van der Waals surface area contributed by atoms with E-state index in [1.54, 1.807) is 12.1 Å². The van der Waals surface area contributed by atoms with E-state index in [-0.39, 0.29) is 23.6 Å². The Bertz CT molecular complexity index is 531. The van der Waals surface area contributed by atoms with E-state index < -0.39 is 0 Å². The normalized spacial score (nSPS) is 28.0. The first-order valence-corrected chi connectivity index (χ1v) is 7.87. The molecule has 0 radical (unpaired) electrons. The Morgan fingerprint density at radius 1 is 1.52 bits per heavy atom. The maximum Gasteiger partial charge on any atom is 0.226 e. The quantitative estimate of drug-likeness (QED) is 0.927. The van der Waals surface area contributed by atoms with Crippen molar-refractivity contribution in [3.63, 3.8) is 0 Å². The summed E-state index contributed by atoms with van der Waals surface area (Å²) in [5.41, 5.74) is 0.517. The Morgan fingerprint density at radius 2 is 2.33 bits per heavy atom. The molecular formula is C16H20ClFN2O. The van der Waals surface area contributed by atoms with Gasteiger partial charge < -0.3 is 10.2 Å². The summed E-state index contributed by atoms with van der Waals surface area (Å²) in [5.74, 6) is 0.269. The fraction of sp³-hybridized carbons (Fsp3) is 0.562. The second kappa shape index (κ2) is 5.93. The minimum absolute atomic E-state index is 0.0467. The number of benzene rings is 1. The molecule has 1 amide bonds.